The molecular weight excluding hydrogens is 300 g/mol. The second-order valence-electron chi connectivity index (χ2n) is 4.41. The summed E-state index contributed by atoms with van der Waals surface area (Å²) in [5.41, 5.74) is 1.40. The number of aryl methyl sites for hydroxylation is 1. The van der Waals surface area contributed by atoms with Crippen LogP contribution in [0.5, 0.6) is 0 Å². The number of hydrogen-bond acceptors (Lipinski definition) is 4. The van der Waals surface area contributed by atoms with E-state index in [1.54, 1.807) is 19.1 Å². The van der Waals surface area contributed by atoms with Gasteiger partial charge in [-0.25, -0.2) is 0 Å². The van der Waals surface area contributed by atoms with Crippen LogP contribution in [0.3, 0.4) is 0 Å². The highest BCUT2D eigenvalue weighted by Gasteiger charge is 2.19. The molecule has 0 fully saturated rings. The second-order valence-corrected chi connectivity index (χ2v) is 4.79. The largest absolute Gasteiger partial charge is 0.417 e. The van der Waals surface area contributed by atoms with E-state index in [0.29, 0.717) is 16.7 Å². The summed E-state index contributed by atoms with van der Waals surface area (Å²) in [7, 11) is 2.97. The molecule has 0 atom stereocenters. The minimum atomic E-state index is -3.04. The maximum Gasteiger partial charge on any atom is 0.388 e. The summed E-state index contributed by atoms with van der Waals surface area (Å²) in [5, 5.41) is 16.6. The summed E-state index contributed by atoms with van der Waals surface area (Å²) < 4.78 is 29.1. The number of hydrogen-bond donors (Lipinski definition) is 1. The molecule has 0 aliphatic heterocycles. The Labute approximate surface area is 126 Å². The van der Waals surface area contributed by atoms with Crippen molar-refractivity contribution in [2.24, 2.45) is 0 Å². The Morgan fingerprint density at radius 1 is 1.43 bits per heavy atom. The molecule has 0 heterocycles. The first-order valence-electron chi connectivity index (χ1n) is 5.89. The average molecular weight is 314 g/mol. The Bertz CT molecular complexity index is 621. The fourth-order valence-electron chi connectivity index (χ4n) is 1.62. The number of alkyl halides is 2. The Morgan fingerprint density at radius 3 is 2.48 bits per heavy atom. The van der Waals surface area contributed by atoms with Gasteiger partial charge in [0.05, 0.1) is 17.3 Å². The normalized spacial score (nSPS) is 11.7. The van der Waals surface area contributed by atoms with Gasteiger partial charge in [0.15, 0.2) is 0 Å². The van der Waals surface area contributed by atoms with E-state index in [1.807, 2.05) is 6.07 Å². The maximum absolute atomic E-state index is 12.4. The first-order chi connectivity index (χ1) is 9.77. The zero-order valence-electron chi connectivity index (χ0n) is 11.7. The molecule has 0 radical (unpaired) electrons. The zero-order valence-corrected chi connectivity index (χ0v) is 12.5. The summed E-state index contributed by atoms with van der Waals surface area (Å²) in [4.78, 5) is 1.26. The van der Waals surface area contributed by atoms with Gasteiger partial charge in [-0.3, -0.25) is 5.41 Å². The van der Waals surface area contributed by atoms with Crippen molar-refractivity contribution in [3.05, 3.63) is 45.8 Å². The van der Waals surface area contributed by atoms with Crippen LogP contribution < -0.4 is 0 Å². The Balaban J connectivity index is 3.22. The molecule has 0 bridgehead atoms. The molecule has 0 aromatic heterocycles. The molecule has 7 heteroatoms. The smallest absolute Gasteiger partial charge is 0.388 e. The first kappa shape index (κ1) is 16.9. The lowest BCUT2D eigenvalue weighted by Crippen LogP contribution is -2.20. The van der Waals surface area contributed by atoms with Crippen molar-refractivity contribution in [2.75, 3.05) is 14.1 Å². The monoisotopic (exact) mass is 313 g/mol. The van der Waals surface area contributed by atoms with Crippen LogP contribution in [-0.2, 0) is 4.74 Å². The quantitative estimate of drug-likeness (QED) is 0.669. The fourth-order valence-corrected chi connectivity index (χ4v) is 1.94. The predicted molar refractivity (Wildman–Crippen MR) is 76.4 cm³/mol. The molecule has 0 aliphatic carbocycles. The van der Waals surface area contributed by atoms with Gasteiger partial charge >= 0.3 is 6.61 Å². The highest BCUT2D eigenvalue weighted by Crippen LogP contribution is 2.22. The molecule has 0 saturated heterocycles. The van der Waals surface area contributed by atoms with Crippen molar-refractivity contribution in [2.45, 2.75) is 13.5 Å². The lowest BCUT2D eigenvalue weighted by molar-refractivity contribution is -0.113. The first-order valence-corrected chi connectivity index (χ1v) is 6.27. The van der Waals surface area contributed by atoms with Crippen LogP contribution in [0.4, 0.5) is 8.78 Å². The number of nitrogens with zero attached hydrogens (tertiary/aromatic N) is 2. The molecule has 112 valence electrons. The summed E-state index contributed by atoms with van der Waals surface area (Å²) in [6, 6.07) is 6.69. The van der Waals surface area contributed by atoms with Crippen LogP contribution in [0.1, 0.15) is 16.7 Å². The van der Waals surface area contributed by atoms with Gasteiger partial charge in [-0.1, -0.05) is 17.7 Å². The zero-order chi connectivity index (χ0) is 16.2. The minimum Gasteiger partial charge on any atom is -0.417 e. The van der Waals surface area contributed by atoms with Gasteiger partial charge in [-0.15, -0.1) is 0 Å². The van der Waals surface area contributed by atoms with Gasteiger partial charge < -0.3 is 9.64 Å². The fraction of sp³-hybridized carbons (Fsp3) is 0.286. The van der Waals surface area contributed by atoms with Crippen molar-refractivity contribution >= 4 is 17.3 Å². The molecule has 0 amide bonds. The number of nitriles is 1. The molecule has 1 aromatic rings. The molecule has 0 unspecified atom stereocenters. The van der Waals surface area contributed by atoms with Gasteiger partial charge in [0.1, 0.15) is 5.03 Å². The SMILES string of the molecule is Cc1cc(C(=N)/C(Cl)=C(/OC(F)F)N(C)C)ccc1C#N. The van der Waals surface area contributed by atoms with Gasteiger partial charge in [0.2, 0.25) is 5.88 Å². The van der Waals surface area contributed by atoms with Crippen molar-refractivity contribution in [1.82, 2.24) is 4.90 Å². The van der Waals surface area contributed by atoms with E-state index in [1.165, 1.54) is 25.1 Å². The third kappa shape index (κ3) is 4.17. The van der Waals surface area contributed by atoms with Gasteiger partial charge in [-0.05, 0) is 24.6 Å². The molecule has 4 nitrogen and oxygen atoms in total. The number of allylic oxidation sites excluding steroid dienone is 1. The third-order valence-electron chi connectivity index (χ3n) is 2.65. The minimum absolute atomic E-state index is 0.159. The van der Waals surface area contributed by atoms with Gasteiger partial charge in [-0.2, -0.15) is 14.0 Å². The van der Waals surface area contributed by atoms with Gasteiger partial charge in [0.25, 0.3) is 0 Å². The molecule has 0 aliphatic rings. The Hall–Kier alpha value is -2.13. The van der Waals surface area contributed by atoms with E-state index in [0.717, 1.165) is 0 Å². The van der Waals surface area contributed by atoms with Crippen LogP contribution in [0, 0.1) is 23.7 Å². The van der Waals surface area contributed by atoms with Gasteiger partial charge in [0, 0.05) is 19.7 Å². The van der Waals surface area contributed by atoms with Crippen LogP contribution in [0.2, 0.25) is 0 Å². The molecule has 1 N–H and O–H groups in total. The molecule has 1 aromatic carbocycles. The maximum atomic E-state index is 12.4. The third-order valence-corrected chi connectivity index (χ3v) is 3.00. The second kappa shape index (κ2) is 7.04. The standard InChI is InChI=1S/C14H14ClF2N3O/c1-8-6-9(4-5-10(8)7-18)12(19)11(15)13(20(2)3)21-14(16)17/h4-6,14,19H,1-3H3/b13-11-,19-12?. The Morgan fingerprint density at radius 2 is 2.05 bits per heavy atom. The molecule has 21 heavy (non-hydrogen) atoms. The van der Waals surface area contributed by atoms with Crippen LogP contribution in [0.15, 0.2) is 29.1 Å². The van der Waals surface area contributed by atoms with E-state index in [2.05, 4.69) is 4.74 Å². The highest BCUT2D eigenvalue weighted by atomic mass is 35.5. The number of rotatable bonds is 5. The van der Waals surface area contributed by atoms with Crippen LogP contribution in [-0.4, -0.2) is 31.3 Å². The van der Waals surface area contributed by atoms with Crippen molar-refractivity contribution in [3.63, 3.8) is 0 Å². The molecule has 1 rings (SSSR count). The van der Waals surface area contributed by atoms with E-state index >= 15 is 0 Å². The average Bonchev–Trinajstić information content (AvgIpc) is 2.42. The van der Waals surface area contributed by atoms with Crippen molar-refractivity contribution in [3.8, 4) is 6.07 Å². The van der Waals surface area contributed by atoms with E-state index in [4.69, 9.17) is 22.3 Å². The predicted octanol–water partition coefficient (Wildman–Crippen LogP) is 3.44. The number of halogens is 3. The van der Waals surface area contributed by atoms with E-state index < -0.39 is 6.61 Å². The van der Waals surface area contributed by atoms with Crippen LogP contribution in [0.25, 0.3) is 0 Å². The highest BCUT2D eigenvalue weighted by molar-refractivity contribution is 6.46. The topological polar surface area (TPSA) is 60.1 Å². The molecule has 0 spiro atoms. The molecule has 0 saturated carbocycles. The number of ether oxygens (including phenoxy) is 1. The number of nitrogens with one attached hydrogen (secondary N) is 1. The molecular formula is C14H14ClF2N3O. The van der Waals surface area contributed by atoms with Crippen LogP contribution >= 0.6 is 11.6 Å². The summed E-state index contributed by atoms with van der Waals surface area (Å²) in [6.07, 6.45) is 0. The lowest BCUT2D eigenvalue weighted by Gasteiger charge is -2.19. The lowest BCUT2D eigenvalue weighted by atomic mass is 10.0. The van der Waals surface area contributed by atoms with Crippen molar-refractivity contribution in [1.29, 1.82) is 10.7 Å². The summed E-state index contributed by atoms with van der Waals surface area (Å²) in [6.45, 7) is -1.32. The van der Waals surface area contributed by atoms with Crippen molar-refractivity contribution < 1.29 is 13.5 Å². The summed E-state index contributed by atoms with van der Waals surface area (Å²) in [5.74, 6) is -0.293. The van der Waals surface area contributed by atoms with E-state index in [-0.39, 0.29) is 16.6 Å². The Kier molecular flexibility index (Phi) is 5.68. The van der Waals surface area contributed by atoms with E-state index in [9.17, 15) is 8.78 Å². The summed E-state index contributed by atoms with van der Waals surface area (Å²) >= 11 is 5.99. The number of benzene rings is 1.